The number of benzene rings is 2. The molecule has 0 aromatic heterocycles. The van der Waals surface area contributed by atoms with Crippen LogP contribution in [0.1, 0.15) is 78.5 Å². The van der Waals surface area contributed by atoms with Gasteiger partial charge in [-0.3, -0.25) is 0 Å². The van der Waals surface area contributed by atoms with Crippen LogP contribution in [-0.2, 0) is 15.6 Å². The Bertz CT molecular complexity index is 791. The Morgan fingerprint density at radius 3 is 1.61 bits per heavy atom. The fraction of sp³-hybridized carbons (Fsp3) is 0.480. The maximum absolute atomic E-state index is 12.0. The fourth-order valence-corrected chi connectivity index (χ4v) is 2.91. The van der Waals surface area contributed by atoms with Crippen LogP contribution in [0.4, 0.5) is 4.79 Å². The van der Waals surface area contributed by atoms with E-state index in [1.54, 1.807) is 0 Å². The van der Waals surface area contributed by atoms with Gasteiger partial charge < -0.3 is 9.47 Å². The molecule has 0 heterocycles. The quantitative estimate of drug-likeness (QED) is 0.412. The Balaban J connectivity index is 2.14. The van der Waals surface area contributed by atoms with Crippen LogP contribution in [0.3, 0.4) is 0 Å². The van der Waals surface area contributed by atoms with E-state index in [9.17, 15) is 4.79 Å². The van der Waals surface area contributed by atoms with E-state index < -0.39 is 11.8 Å². The van der Waals surface area contributed by atoms with E-state index in [4.69, 9.17) is 9.47 Å². The minimum Gasteiger partial charge on any atom is -0.428 e. The summed E-state index contributed by atoms with van der Waals surface area (Å²) in [6.07, 6.45) is 0.0556. The van der Waals surface area contributed by atoms with Gasteiger partial charge in [0.05, 0.1) is 0 Å². The summed E-state index contributed by atoms with van der Waals surface area (Å²) in [5.41, 5.74) is 3.19. The molecule has 0 aliphatic rings. The number of carbonyl (C=O) groups is 1. The van der Waals surface area contributed by atoms with E-state index >= 15 is 0 Å². The molecule has 0 saturated heterocycles. The van der Waals surface area contributed by atoms with Crippen molar-refractivity contribution in [2.24, 2.45) is 0 Å². The molecule has 0 amide bonds. The van der Waals surface area contributed by atoms with Gasteiger partial charge in [0.1, 0.15) is 11.4 Å². The molecule has 2 rings (SSSR count). The molecule has 0 aliphatic carbocycles. The number of ether oxygens (including phenoxy) is 2. The van der Waals surface area contributed by atoms with Gasteiger partial charge in [-0.2, -0.15) is 0 Å². The Morgan fingerprint density at radius 1 is 0.750 bits per heavy atom. The lowest BCUT2D eigenvalue weighted by Gasteiger charge is -2.28. The molecule has 0 atom stereocenters. The van der Waals surface area contributed by atoms with E-state index in [1.165, 1.54) is 11.1 Å². The molecule has 0 spiro atoms. The highest BCUT2D eigenvalue weighted by molar-refractivity contribution is 5.64. The van der Waals surface area contributed by atoms with Crippen molar-refractivity contribution < 1.29 is 14.3 Å². The van der Waals surface area contributed by atoms with Crippen molar-refractivity contribution in [3.8, 4) is 5.75 Å². The van der Waals surface area contributed by atoms with E-state index in [-0.39, 0.29) is 10.8 Å². The Kier molecular flexibility index (Phi) is 6.27. The summed E-state index contributed by atoms with van der Waals surface area (Å²) in [6.45, 7) is 16.8. The molecule has 0 bridgehead atoms. The second-order valence-electron chi connectivity index (χ2n) is 9.54. The molecule has 152 valence electrons. The topological polar surface area (TPSA) is 35.5 Å². The highest BCUT2D eigenvalue weighted by Crippen LogP contribution is 2.34. The van der Waals surface area contributed by atoms with Crippen LogP contribution in [-0.4, -0.2) is 11.8 Å². The maximum Gasteiger partial charge on any atom is 0.514 e. The molecule has 2 aromatic carbocycles. The zero-order valence-corrected chi connectivity index (χ0v) is 18.6. The van der Waals surface area contributed by atoms with Gasteiger partial charge in [0.15, 0.2) is 0 Å². The van der Waals surface area contributed by atoms with E-state index in [1.807, 2.05) is 45.0 Å². The molecule has 0 aliphatic heterocycles. The first-order valence-corrected chi connectivity index (χ1v) is 9.97. The number of rotatable bonds is 5. The van der Waals surface area contributed by atoms with Crippen molar-refractivity contribution in [2.75, 3.05) is 0 Å². The van der Waals surface area contributed by atoms with Gasteiger partial charge in [0.2, 0.25) is 0 Å². The van der Waals surface area contributed by atoms with Gasteiger partial charge in [0, 0.05) is 5.41 Å². The molecule has 0 unspecified atom stereocenters. The monoisotopic (exact) mass is 382 g/mol. The lowest BCUT2D eigenvalue weighted by molar-refractivity contribution is 0.00706. The second kappa shape index (κ2) is 7.98. The predicted molar refractivity (Wildman–Crippen MR) is 115 cm³/mol. The summed E-state index contributed by atoms with van der Waals surface area (Å²) in [6, 6.07) is 16.5. The fourth-order valence-electron chi connectivity index (χ4n) is 2.91. The standard InChI is InChI=1S/C25H34O3/c1-9-24(5,6)28-22(26)27-21-16-14-20(15-17-21)25(7,8)19-12-10-18(11-13-19)23(2,3)4/h10-17H,9H2,1-8H3. The Labute approximate surface area is 170 Å². The molecule has 2 aromatic rings. The lowest BCUT2D eigenvalue weighted by Crippen LogP contribution is -2.28. The zero-order chi connectivity index (χ0) is 21.2. The Hall–Kier alpha value is -2.29. The average molecular weight is 383 g/mol. The van der Waals surface area contributed by atoms with Crippen LogP contribution >= 0.6 is 0 Å². The summed E-state index contributed by atoms with van der Waals surface area (Å²) < 4.78 is 10.7. The van der Waals surface area contributed by atoms with Crippen molar-refractivity contribution >= 4 is 6.16 Å². The molecular weight excluding hydrogens is 348 g/mol. The van der Waals surface area contributed by atoms with E-state index in [2.05, 4.69) is 58.9 Å². The molecule has 0 fully saturated rings. The van der Waals surface area contributed by atoms with Crippen molar-refractivity contribution in [3.63, 3.8) is 0 Å². The molecule has 0 radical (unpaired) electrons. The van der Waals surface area contributed by atoms with Gasteiger partial charge in [-0.25, -0.2) is 4.79 Å². The summed E-state index contributed by atoms with van der Waals surface area (Å²) >= 11 is 0. The molecule has 3 nitrogen and oxygen atoms in total. The summed E-state index contributed by atoms with van der Waals surface area (Å²) in [5.74, 6) is 0.486. The van der Waals surface area contributed by atoms with E-state index in [0.717, 1.165) is 12.0 Å². The lowest BCUT2D eigenvalue weighted by atomic mass is 9.77. The van der Waals surface area contributed by atoms with Crippen molar-refractivity contribution in [3.05, 3.63) is 65.2 Å². The third-order valence-electron chi connectivity index (χ3n) is 5.46. The normalized spacial score (nSPS) is 12.6. The first-order chi connectivity index (χ1) is 12.8. The van der Waals surface area contributed by atoms with Crippen molar-refractivity contribution in [2.45, 2.75) is 78.2 Å². The van der Waals surface area contributed by atoms with Crippen LogP contribution in [0.2, 0.25) is 0 Å². The first-order valence-electron chi connectivity index (χ1n) is 9.97. The maximum atomic E-state index is 12.0. The third kappa shape index (κ3) is 5.37. The summed E-state index contributed by atoms with van der Waals surface area (Å²) in [7, 11) is 0. The SMILES string of the molecule is CCC(C)(C)OC(=O)Oc1ccc(C(C)(C)c2ccc(C(C)(C)C)cc2)cc1. The number of carbonyl (C=O) groups excluding carboxylic acids is 1. The summed E-state index contributed by atoms with van der Waals surface area (Å²) in [5, 5.41) is 0. The largest absolute Gasteiger partial charge is 0.514 e. The molecule has 28 heavy (non-hydrogen) atoms. The van der Waals surface area contributed by atoms with Gasteiger partial charge in [-0.15, -0.1) is 0 Å². The van der Waals surface area contributed by atoms with Crippen molar-refractivity contribution in [1.29, 1.82) is 0 Å². The molecule has 0 saturated carbocycles. The van der Waals surface area contributed by atoms with Crippen LogP contribution in [0.5, 0.6) is 5.75 Å². The molecular formula is C25H34O3. The minimum atomic E-state index is -0.670. The van der Waals surface area contributed by atoms with Gasteiger partial charge >= 0.3 is 6.16 Å². The molecule has 0 N–H and O–H groups in total. The first kappa shape index (κ1) is 22.0. The number of hydrogen-bond acceptors (Lipinski definition) is 3. The predicted octanol–water partition coefficient (Wildman–Crippen LogP) is 7.01. The highest BCUT2D eigenvalue weighted by atomic mass is 16.7. The third-order valence-corrected chi connectivity index (χ3v) is 5.46. The van der Waals surface area contributed by atoms with Gasteiger partial charge in [0.25, 0.3) is 0 Å². The van der Waals surface area contributed by atoms with Gasteiger partial charge in [-0.1, -0.05) is 77.9 Å². The van der Waals surface area contributed by atoms with Crippen molar-refractivity contribution in [1.82, 2.24) is 0 Å². The smallest absolute Gasteiger partial charge is 0.428 e. The van der Waals surface area contributed by atoms with Gasteiger partial charge in [-0.05, 0) is 54.5 Å². The van der Waals surface area contributed by atoms with Crippen LogP contribution < -0.4 is 4.74 Å². The van der Waals surface area contributed by atoms with Crippen LogP contribution in [0.25, 0.3) is 0 Å². The number of hydrogen-bond donors (Lipinski definition) is 0. The summed E-state index contributed by atoms with van der Waals surface area (Å²) in [4.78, 5) is 12.0. The van der Waals surface area contributed by atoms with Crippen LogP contribution in [0.15, 0.2) is 48.5 Å². The minimum absolute atomic E-state index is 0.141. The second-order valence-corrected chi connectivity index (χ2v) is 9.54. The highest BCUT2D eigenvalue weighted by Gasteiger charge is 2.25. The molecule has 3 heteroatoms. The zero-order valence-electron chi connectivity index (χ0n) is 18.6. The van der Waals surface area contributed by atoms with Crippen LogP contribution in [0, 0.1) is 0 Å². The van der Waals surface area contributed by atoms with E-state index in [0.29, 0.717) is 5.75 Å². The average Bonchev–Trinajstić information content (AvgIpc) is 2.61. The Morgan fingerprint density at radius 2 is 1.18 bits per heavy atom.